The summed E-state index contributed by atoms with van der Waals surface area (Å²) in [6.07, 6.45) is 6.14. The van der Waals surface area contributed by atoms with Crippen LogP contribution in [0.3, 0.4) is 0 Å². The van der Waals surface area contributed by atoms with Crippen molar-refractivity contribution in [1.82, 2.24) is 4.98 Å². The number of carbonyl (C=O) groups excluding carboxylic acids is 1. The minimum absolute atomic E-state index is 0.127. The maximum absolute atomic E-state index is 12.6. The first-order valence-corrected chi connectivity index (χ1v) is 13.3. The van der Waals surface area contributed by atoms with Gasteiger partial charge in [0.25, 0.3) is 0 Å². The molecule has 170 valence electrons. The van der Waals surface area contributed by atoms with Crippen molar-refractivity contribution in [2.45, 2.75) is 56.6 Å². The minimum Gasteiger partial charge on any atom is -0.490 e. The van der Waals surface area contributed by atoms with Gasteiger partial charge in [-0.3, -0.25) is 4.79 Å². The van der Waals surface area contributed by atoms with Crippen LogP contribution < -0.4 is 4.74 Å². The molecule has 1 aromatic heterocycles. The number of hydrogen-bond acceptors (Lipinski definition) is 7. The molecule has 0 spiro atoms. The number of ether oxygens (including phenoxy) is 2. The van der Waals surface area contributed by atoms with Crippen molar-refractivity contribution in [3.05, 3.63) is 53.2 Å². The Labute approximate surface area is 199 Å². The van der Waals surface area contributed by atoms with E-state index in [1.54, 1.807) is 11.8 Å². The van der Waals surface area contributed by atoms with E-state index >= 15 is 0 Å². The molecule has 0 saturated carbocycles. The molecule has 0 amide bonds. The number of hydrogen-bond donors (Lipinski definition) is 0. The van der Waals surface area contributed by atoms with Crippen LogP contribution >= 0.6 is 23.5 Å². The van der Waals surface area contributed by atoms with Crippen LogP contribution in [-0.4, -0.2) is 40.9 Å². The molecule has 1 atom stereocenters. The van der Waals surface area contributed by atoms with E-state index in [1.165, 1.54) is 17.3 Å². The van der Waals surface area contributed by atoms with Crippen molar-refractivity contribution < 1.29 is 14.3 Å². The molecule has 0 aliphatic heterocycles. The maximum atomic E-state index is 12.6. The van der Waals surface area contributed by atoms with Crippen molar-refractivity contribution in [3.63, 3.8) is 0 Å². The van der Waals surface area contributed by atoms with Crippen molar-refractivity contribution in [2.24, 2.45) is 0 Å². The summed E-state index contributed by atoms with van der Waals surface area (Å²) in [6.45, 7) is 2.48. The van der Waals surface area contributed by atoms with Gasteiger partial charge < -0.3 is 9.47 Å². The summed E-state index contributed by atoms with van der Waals surface area (Å²) in [4.78, 5) is 17.3. The second-order valence-electron chi connectivity index (χ2n) is 7.72. The van der Waals surface area contributed by atoms with Gasteiger partial charge in [0, 0.05) is 11.4 Å². The fraction of sp³-hybridized carbons (Fsp3) is 0.480. The number of carbonyl (C=O) groups is 1. The topological polar surface area (TPSA) is 72.2 Å². The second-order valence-corrected chi connectivity index (χ2v) is 9.83. The Balaban J connectivity index is 1.56. The highest BCUT2D eigenvalue weighted by molar-refractivity contribution is 8.00. The smallest absolute Gasteiger partial charge is 0.316 e. The molecule has 5 nitrogen and oxygen atoms in total. The lowest BCUT2D eigenvalue weighted by Crippen LogP contribution is -2.28. The molecule has 2 aromatic rings. The lowest BCUT2D eigenvalue weighted by atomic mass is 9.95. The Morgan fingerprint density at radius 3 is 2.84 bits per heavy atom. The highest BCUT2D eigenvalue weighted by Crippen LogP contribution is 2.27. The molecule has 1 unspecified atom stereocenters. The van der Waals surface area contributed by atoms with Gasteiger partial charge >= 0.3 is 5.97 Å². The number of nitrogens with zero attached hydrogens (tertiary/aromatic N) is 2. The molecule has 1 aromatic carbocycles. The van der Waals surface area contributed by atoms with Crippen LogP contribution in [0.15, 0.2) is 41.4 Å². The zero-order valence-electron chi connectivity index (χ0n) is 18.5. The van der Waals surface area contributed by atoms with Gasteiger partial charge in [0.15, 0.2) is 0 Å². The third-order valence-corrected chi connectivity index (χ3v) is 7.29. The third kappa shape index (κ3) is 7.75. The Kier molecular flexibility index (Phi) is 10.2. The van der Waals surface area contributed by atoms with E-state index < -0.39 is 0 Å². The van der Waals surface area contributed by atoms with Gasteiger partial charge in [-0.15, -0.1) is 0 Å². The van der Waals surface area contributed by atoms with Gasteiger partial charge in [0.05, 0.1) is 11.3 Å². The van der Waals surface area contributed by atoms with Crippen molar-refractivity contribution >= 4 is 29.5 Å². The molecule has 3 rings (SSSR count). The van der Waals surface area contributed by atoms with Crippen molar-refractivity contribution in [1.29, 1.82) is 5.26 Å². The fourth-order valence-electron chi connectivity index (χ4n) is 3.44. The normalized spacial score (nSPS) is 13.6. The average Bonchev–Trinajstić information content (AvgIpc) is 2.83. The minimum atomic E-state index is -0.322. The van der Waals surface area contributed by atoms with Crippen LogP contribution in [0.5, 0.6) is 5.75 Å². The summed E-state index contributed by atoms with van der Waals surface area (Å²) in [5.41, 5.74) is 2.78. The Morgan fingerprint density at radius 2 is 2.06 bits per heavy atom. The fourth-order valence-corrected chi connectivity index (χ4v) is 5.28. The van der Waals surface area contributed by atoms with E-state index in [9.17, 15) is 10.1 Å². The zero-order chi connectivity index (χ0) is 22.6. The number of para-hydroxylation sites is 1. The molecule has 0 bridgehead atoms. The largest absolute Gasteiger partial charge is 0.490 e. The van der Waals surface area contributed by atoms with E-state index in [1.807, 2.05) is 36.4 Å². The van der Waals surface area contributed by atoms with Crippen molar-refractivity contribution in [2.75, 3.05) is 23.9 Å². The van der Waals surface area contributed by atoms with E-state index in [0.29, 0.717) is 22.9 Å². The number of benzene rings is 1. The molecular weight excluding hydrogens is 440 g/mol. The molecular formula is C25H30N2O3S2. The lowest BCUT2D eigenvalue weighted by molar-refractivity contribution is -0.145. The lowest BCUT2D eigenvalue weighted by Gasteiger charge is -2.19. The Hall–Kier alpha value is -2.17. The van der Waals surface area contributed by atoms with E-state index in [4.69, 9.17) is 9.47 Å². The number of nitriles is 1. The number of fused-ring (bicyclic) bond motifs is 1. The van der Waals surface area contributed by atoms with E-state index in [2.05, 4.69) is 18.0 Å². The van der Waals surface area contributed by atoms with Gasteiger partial charge in [-0.25, -0.2) is 4.98 Å². The van der Waals surface area contributed by atoms with Gasteiger partial charge in [0.1, 0.15) is 29.6 Å². The van der Waals surface area contributed by atoms with Crippen LogP contribution in [0.1, 0.15) is 49.4 Å². The van der Waals surface area contributed by atoms with Gasteiger partial charge in [-0.1, -0.05) is 43.3 Å². The molecule has 0 N–H and O–H groups in total. The standard InChI is InChI=1S/C25H30N2O3S2/c1-2-3-13-31-17-22(16-29-21-10-5-4-6-11-21)30-24(28)18-32-25-20(15-26)14-19-9-7-8-12-23(19)27-25/h4-6,10-11,14,22H,2-3,7-9,12-13,16-18H2,1H3. The summed E-state index contributed by atoms with van der Waals surface area (Å²) in [5.74, 6) is 2.32. The molecule has 1 aliphatic rings. The monoisotopic (exact) mass is 470 g/mol. The van der Waals surface area contributed by atoms with Crippen LogP contribution in [0.2, 0.25) is 0 Å². The van der Waals surface area contributed by atoms with Gasteiger partial charge in [-0.05, 0) is 61.6 Å². The van der Waals surface area contributed by atoms with Gasteiger partial charge in [-0.2, -0.15) is 17.0 Å². The first-order valence-electron chi connectivity index (χ1n) is 11.2. The zero-order valence-corrected chi connectivity index (χ0v) is 20.2. The summed E-state index contributed by atoms with van der Waals surface area (Å²) in [5, 5.41) is 10.1. The van der Waals surface area contributed by atoms with Crippen molar-refractivity contribution in [3.8, 4) is 11.8 Å². The Morgan fingerprint density at radius 1 is 1.25 bits per heavy atom. The van der Waals surface area contributed by atoms with Crippen LogP contribution in [0.25, 0.3) is 0 Å². The first kappa shape index (κ1) is 24.5. The average molecular weight is 471 g/mol. The number of aromatic nitrogens is 1. The van der Waals surface area contributed by atoms with E-state index in [-0.39, 0.29) is 17.8 Å². The molecule has 0 fully saturated rings. The predicted molar refractivity (Wildman–Crippen MR) is 130 cm³/mol. The molecule has 7 heteroatoms. The number of esters is 1. The summed E-state index contributed by atoms with van der Waals surface area (Å²) in [7, 11) is 0. The quantitative estimate of drug-likeness (QED) is 0.232. The molecule has 1 aliphatic carbocycles. The number of unbranched alkanes of at least 4 members (excludes halogenated alkanes) is 1. The Bertz CT molecular complexity index is 915. The molecule has 1 heterocycles. The number of pyridine rings is 1. The second kappa shape index (κ2) is 13.4. The molecule has 0 radical (unpaired) electrons. The summed E-state index contributed by atoms with van der Waals surface area (Å²) < 4.78 is 11.6. The first-order chi connectivity index (χ1) is 15.7. The van der Waals surface area contributed by atoms with Crippen LogP contribution in [-0.2, 0) is 22.4 Å². The third-order valence-electron chi connectivity index (χ3n) is 5.14. The predicted octanol–water partition coefficient (Wildman–Crippen LogP) is 5.45. The van der Waals surface area contributed by atoms with E-state index in [0.717, 1.165) is 55.7 Å². The van der Waals surface area contributed by atoms with Crippen LogP contribution in [0.4, 0.5) is 0 Å². The SMILES string of the molecule is CCCCSCC(COc1ccccc1)OC(=O)CSc1nc2c(cc1C#N)CCCC2. The number of thioether (sulfide) groups is 2. The number of aryl methyl sites for hydroxylation is 2. The molecule has 0 saturated heterocycles. The highest BCUT2D eigenvalue weighted by atomic mass is 32.2. The summed E-state index contributed by atoms with van der Waals surface area (Å²) in [6, 6.07) is 13.7. The van der Waals surface area contributed by atoms with Crippen LogP contribution in [0, 0.1) is 11.3 Å². The summed E-state index contributed by atoms with van der Waals surface area (Å²) >= 11 is 3.06. The number of rotatable bonds is 12. The maximum Gasteiger partial charge on any atom is 0.316 e. The highest BCUT2D eigenvalue weighted by Gasteiger charge is 2.19. The van der Waals surface area contributed by atoms with Gasteiger partial charge in [0.2, 0.25) is 0 Å². The molecule has 32 heavy (non-hydrogen) atoms.